The quantitative estimate of drug-likeness (QED) is 0.166. The molecule has 0 amide bonds. The molecule has 9 heteroatoms. The van der Waals surface area contributed by atoms with Crippen LogP contribution in [0.5, 0.6) is 0 Å². The van der Waals surface area contributed by atoms with Gasteiger partial charge in [0.05, 0.1) is 24.4 Å². The van der Waals surface area contributed by atoms with Gasteiger partial charge in [-0.05, 0) is 43.7 Å². The summed E-state index contributed by atoms with van der Waals surface area (Å²) in [7, 11) is 0. The van der Waals surface area contributed by atoms with Crippen LogP contribution in [0.15, 0.2) is 83.2 Å². The molecule has 51 heavy (non-hydrogen) atoms. The lowest BCUT2D eigenvalue weighted by molar-refractivity contribution is -0.141. The van der Waals surface area contributed by atoms with Gasteiger partial charge in [-0.2, -0.15) is 0 Å². The minimum absolute atomic E-state index is 0.0893. The molecule has 1 N–H and O–H groups in total. The van der Waals surface area contributed by atoms with Gasteiger partial charge in [-0.3, -0.25) is 9.80 Å². The van der Waals surface area contributed by atoms with Gasteiger partial charge in [-0.15, -0.1) is 0 Å². The summed E-state index contributed by atoms with van der Waals surface area (Å²) in [6, 6.07) is 21.3. The summed E-state index contributed by atoms with van der Waals surface area (Å²) in [5.74, 6) is -0.928. The fourth-order valence-corrected chi connectivity index (χ4v) is 7.86. The molecule has 0 radical (unpaired) electrons. The molecule has 0 spiro atoms. The highest BCUT2D eigenvalue weighted by molar-refractivity contribution is 5.97. The number of nitrogens with one attached hydrogen (secondary N) is 1. The summed E-state index contributed by atoms with van der Waals surface area (Å²) in [5, 5.41) is 3.33. The SMILES string of the molecule is CCCC(C)C1C(C(=O)OCCCN2CCN(Cc3ccccc3)CC2)=C(C)NC(C)=C1C(=O)OCCCN1CCN(Cc2ccccc2)CC1. The monoisotopic (exact) mass is 699 g/mol. The third-order valence-corrected chi connectivity index (χ3v) is 10.7. The van der Waals surface area contributed by atoms with E-state index in [9.17, 15) is 9.59 Å². The van der Waals surface area contributed by atoms with Gasteiger partial charge in [0, 0.05) is 95.8 Å². The first-order valence-corrected chi connectivity index (χ1v) is 19.3. The normalized spacial score (nSPS) is 19.2. The van der Waals surface area contributed by atoms with Crippen molar-refractivity contribution in [2.24, 2.45) is 11.8 Å². The molecule has 0 aromatic heterocycles. The van der Waals surface area contributed by atoms with E-state index in [1.165, 1.54) is 11.1 Å². The number of rotatable bonds is 17. The zero-order valence-corrected chi connectivity index (χ0v) is 31.6. The smallest absolute Gasteiger partial charge is 0.336 e. The maximum Gasteiger partial charge on any atom is 0.336 e. The largest absolute Gasteiger partial charge is 0.462 e. The topological polar surface area (TPSA) is 77.6 Å². The maximum absolute atomic E-state index is 13.7. The predicted molar refractivity (Wildman–Crippen MR) is 204 cm³/mol. The number of ether oxygens (including phenoxy) is 2. The Bertz CT molecular complexity index is 1340. The van der Waals surface area contributed by atoms with Crippen molar-refractivity contribution >= 4 is 11.9 Å². The second-order valence-corrected chi connectivity index (χ2v) is 14.6. The second-order valence-electron chi connectivity index (χ2n) is 14.6. The lowest BCUT2D eigenvalue weighted by Gasteiger charge is -2.35. The summed E-state index contributed by atoms with van der Waals surface area (Å²) >= 11 is 0. The first kappa shape index (κ1) is 38.7. The number of piperazine rings is 2. The number of hydrogen-bond acceptors (Lipinski definition) is 9. The van der Waals surface area contributed by atoms with Gasteiger partial charge >= 0.3 is 11.9 Å². The van der Waals surface area contributed by atoms with Crippen LogP contribution in [0, 0.1) is 11.8 Å². The standard InChI is InChI=1S/C42H61N5O4/c1-5-14-33(2)38-39(41(48)50-29-12-19-44-21-25-46(26-22-44)31-36-15-8-6-9-16-36)34(3)43-35(4)40(38)42(49)51-30-13-20-45-23-27-47(28-24-45)32-37-17-10-7-11-18-37/h6-11,15-18,33,38,43H,5,12-14,19-32H2,1-4H3. The molecular formula is C42H61N5O4. The Kier molecular flexibility index (Phi) is 15.1. The molecule has 9 nitrogen and oxygen atoms in total. The Morgan fingerprint density at radius 2 is 1.06 bits per heavy atom. The van der Waals surface area contributed by atoms with Crippen LogP contribution in [-0.4, -0.2) is 110 Å². The van der Waals surface area contributed by atoms with Gasteiger partial charge in [0.2, 0.25) is 0 Å². The Morgan fingerprint density at radius 3 is 1.45 bits per heavy atom. The Hall–Kier alpha value is -3.50. The van der Waals surface area contributed by atoms with Gasteiger partial charge in [0.25, 0.3) is 0 Å². The van der Waals surface area contributed by atoms with Crippen LogP contribution >= 0.6 is 0 Å². The molecule has 0 bridgehead atoms. The Balaban J connectivity index is 1.06. The lowest BCUT2D eigenvalue weighted by Crippen LogP contribution is -2.46. The predicted octanol–water partition coefficient (Wildman–Crippen LogP) is 5.69. The van der Waals surface area contributed by atoms with Crippen LogP contribution in [0.1, 0.15) is 64.5 Å². The molecule has 2 fully saturated rings. The zero-order chi connectivity index (χ0) is 36.0. The number of benzene rings is 2. The molecule has 0 aliphatic carbocycles. The van der Waals surface area contributed by atoms with Crippen molar-refractivity contribution in [1.82, 2.24) is 24.9 Å². The third kappa shape index (κ3) is 11.5. The molecule has 5 rings (SSSR count). The van der Waals surface area contributed by atoms with Gasteiger partial charge in [-0.1, -0.05) is 87.4 Å². The Labute approximate surface area is 306 Å². The molecule has 0 saturated carbocycles. The summed E-state index contributed by atoms with van der Waals surface area (Å²) in [6.07, 6.45) is 3.42. The molecule has 1 unspecified atom stereocenters. The molecular weight excluding hydrogens is 638 g/mol. The number of allylic oxidation sites excluding steroid dienone is 2. The maximum atomic E-state index is 13.7. The number of dihydropyridines is 1. The van der Waals surface area contributed by atoms with E-state index in [2.05, 4.69) is 99.4 Å². The van der Waals surface area contributed by atoms with Crippen molar-refractivity contribution < 1.29 is 19.1 Å². The van der Waals surface area contributed by atoms with E-state index < -0.39 is 0 Å². The Morgan fingerprint density at radius 1 is 0.667 bits per heavy atom. The summed E-state index contributed by atoms with van der Waals surface area (Å²) < 4.78 is 11.8. The highest BCUT2D eigenvalue weighted by Crippen LogP contribution is 2.38. The van der Waals surface area contributed by atoms with Crippen LogP contribution in [0.4, 0.5) is 0 Å². The van der Waals surface area contributed by atoms with Gasteiger partial charge in [-0.25, -0.2) is 9.59 Å². The van der Waals surface area contributed by atoms with Crippen molar-refractivity contribution in [3.05, 3.63) is 94.3 Å². The minimum Gasteiger partial charge on any atom is -0.462 e. The molecule has 2 aromatic carbocycles. The van der Waals surface area contributed by atoms with E-state index in [0.717, 1.165) is 116 Å². The number of carbonyl (C=O) groups excluding carboxylic acids is 2. The zero-order valence-electron chi connectivity index (χ0n) is 31.6. The molecule has 278 valence electrons. The molecule has 2 saturated heterocycles. The number of esters is 2. The highest BCUT2D eigenvalue weighted by atomic mass is 16.5. The van der Waals surface area contributed by atoms with Crippen molar-refractivity contribution in [2.75, 3.05) is 78.7 Å². The number of carbonyl (C=O) groups is 2. The van der Waals surface area contributed by atoms with Crippen molar-refractivity contribution in [2.45, 2.75) is 66.5 Å². The van der Waals surface area contributed by atoms with Crippen molar-refractivity contribution in [3.63, 3.8) is 0 Å². The summed E-state index contributed by atoms with van der Waals surface area (Å²) in [4.78, 5) is 37.3. The molecule has 3 heterocycles. The summed E-state index contributed by atoms with van der Waals surface area (Å²) in [6.45, 7) is 20.9. The lowest BCUT2D eigenvalue weighted by atomic mass is 9.75. The van der Waals surface area contributed by atoms with Crippen LogP contribution < -0.4 is 5.32 Å². The average molecular weight is 700 g/mol. The average Bonchev–Trinajstić information content (AvgIpc) is 3.13. The number of hydrogen-bond donors (Lipinski definition) is 1. The van der Waals surface area contributed by atoms with E-state index in [0.29, 0.717) is 24.4 Å². The van der Waals surface area contributed by atoms with Crippen molar-refractivity contribution in [3.8, 4) is 0 Å². The van der Waals surface area contributed by atoms with Crippen LogP contribution in [0.25, 0.3) is 0 Å². The fourth-order valence-electron chi connectivity index (χ4n) is 7.86. The molecule has 2 aromatic rings. The van der Waals surface area contributed by atoms with E-state index in [1.807, 2.05) is 13.8 Å². The first-order valence-electron chi connectivity index (χ1n) is 19.3. The minimum atomic E-state index is -0.360. The van der Waals surface area contributed by atoms with Gasteiger partial charge < -0.3 is 24.6 Å². The van der Waals surface area contributed by atoms with Gasteiger partial charge in [0.1, 0.15) is 0 Å². The van der Waals surface area contributed by atoms with Crippen LogP contribution in [-0.2, 0) is 32.2 Å². The van der Waals surface area contributed by atoms with E-state index in [-0.39, 0.29) is 23.8 Å². The van der Waals surface area contributed by atoms with E-state index >= 15 is 0 Å². The third-order valence-electron chi connectivity index (χ3n) is 10.7. The van der Waals surface area contributed by atoms with Crippen molar-refractivity contribution in [1.29, 1.82) is 0 Å². The molecule has 3 aliphatic heterocycles. The second kappa shape index (κ2) is 19.9. The summed E-state index contributed by atoms with van der Waals surface area (Å²) in [5.41, 5.74) is 5.37. The fraction of sp³-hybridized carbons (Fsp3) is 0.571. The van der Waals surface area contributed by atoms with Crippen LogP contribution in [0.3, 0.4) is 0 Å². The van der Waals surface area contributed by atoms with E-state index in [4.69, 9.17) is 9.47 Å². The van der Waals surface area contributed by atoms with Gasteiger partial charge in [0.15, 0.2) is 0 Å². The first-order chi connectivity index (χ1) is 24.8. The molecule has 1 atom stereocenters. The molecule has 3 aliphatic rings. The van der Waals surface area contributed by atoms with Crippen LogP contribution in [0.2, 0.25) is 0 Å². The number of nitrogens with zero attached hydrogens (tertiary/aromatic N) is 4. The highest BCUT2D eigenvalue weighted by Gasteiger charge is 2.39. The van der Waals surface area contributed by atoms with E-state index in [1.54, 1.807) is 0 Å².